The highest BCUT2D eigenvalue weighted by molar-refractivity contribution is 5.74. The van der Waals surface area contributed by atoms with E-state index >= 15 is 0 Å². The van der Waals surface area contributed by atoms with Crippen LogP contribution in [0.4, 0.5) is 0 Å². The van der Waals surface area contributed by atoms with Gasteiger partial charge in [0.05, 0.1) is 5.52 Å². The Morgan fingerprint density at radius 3 is 2.84 bits per heavy atom. The van der Waals surface area contributed by atoms with Gasteiger partial charge in [-0.2, -0.15) is 0 Å². The normalized spacial score (nSPS) is 13.1. The molecule has 0 amide bonds. The number of rotatable bonds is 4. The average Bonchev–Trinajstić information content (AvgIpc) is 2.63. The molecule has 102 valence electrons. The molecule has 0 radical (unpaired) electrons. The summed E-state index contributed by atoms with van der Waals surface area (Å²) in [5, 5.41) is 8.94. The van der Waals surface area contributed by atoms with E-state index in [1.807, 2.05) is 6.07 Å². The molecule has 1 N–H and O–H groups in total. The standard InChI is InChI=1S/C13H16N2O4/c1-8(12(16)17)14(2)7-9-4-5-10-11(6-9)19-13(18)15(10)3/h4-6,8H,7H2,1-3H3,(H,16,17). The summed E-state index contributed by atoms with van der Waals surface area (Å²) in [5.74, 6) is -1.27. The number of nitrogens with zero attached hydrogens (tertiary/aromatic N) is 2. The quantitative estimate of drug-likeness (QED) is 0.892. The molecule has 0 aliphatic carbocycles. The van der Waals surface area contributed by atoms with Gasteiger partial charge in [0.25, 0.3) is 0 Å². The van der Waals surface area contributed by atoms with Crippen molar-refractivity contribution in [1.29, 1.82) is 0 Å². The van der Waals surface area contributed by atoms with Crippen LogP contribution in [0.5, 0.6) is 0 Å². The molecule has 2 rings (SSSR count). The van der Waals surface area contributed by atoms with Crippen LogP contribution in [0.1, 0.15) is 12.5 Å². The third-order valence-corrected chi connectivity index (χ3v) is 3.31. The van der Waals surface area contributed by atoms with Crippen molar-refractivity contribution in [3.05, 3.63) is 34.3 Å². The first kappa shape index (κ1) is 13.4. The highest BCUT2D eigenvalue weighted by Gasteiger charge is 2.17. The highest BCUT2D eigenvalue weighted by Crippen LogP contribution is 2.16. The van der Waals surface area contributed by atoms with Crippen molar-refractivity contribution in [3.63, 3.8) is 0 Å². The predicted octanol–water partition coefficient (Wildman–Crippen LogP) is 1.04. The number of aliphatic carboxylic acids is 1. The van der Waals surface area contributed by atoms with Crippen molar-refractivity contribution in [2.45, 2.75) is 19.5 Å². The van der Waals surface area contributed by atoms with Gasteiger partial charge < -0.3 is 9.52 Å². The number of carbonyl (C=O) groups is 1. The Hall–Kier alpha value is -2.08. The Morgan fingerprint density at radius 2 is 2.21 bits per heavy atom. The van der Waals surface area contributed by atoms with Gasteiger partial charge in [-0.1, -0.05) is 6.07 Å². The summed E-state index contributed by atoms with van der Waals surface area (Å²) < 4.78 is 6.53. The number of carboxylic acid groups (broad SMARTS) is 1. The molecule has 1 aromatic carbocycles. The Labute approximate surface area is 109 Å². The van der Waals surface area contributed by atoms with Crippen molar-refractivity contribution in [2.24, 2.45) is 7.05 Å². The number of benzene rings is 1. The number of fused-ring (bicyclic) bond motifs is 1. The van der Waals surface area contributed by atoms with Gasteiger partial charge in [0.15, 0.2) is 5.58 Å². The third kappa shape index (κ3) is 2.53. The lowest BCUT2D eigenvalue weighted by Crippen LogP contribution is -2.35. The number of oxazole rings is 1. The van der Waals surface area contributed by atoms with Crippen LogP contribution >= 0.6 is 0 Å². The zero-order valence-electron chi connectivity index (χ0n) is 11.1. The molecule has 0 aliphatic heterocycles. The molecule has 0 saturated carbocycles. The van der Waals surface area contributed by atoms with Crippen molar-refractivity contribution < 1.29 is 14.3 Å². The van der Waals surface area contributed by atoms with Crippen LogP contribution in [-0.4, -0.2) is 33.6 Å². The van der Waals surface area contributed by atoms with Gasteiger partial charge >= 0.3 is 11.7 Å². The minimum absolute atomic E-state index is 0.403. The monoisotopic (exact) mass is 264 g/mol. The first-order valence-electron chi connectivity index (χ1n) is 5.91. The largest absolute Gasteiger partial charge is 0.480 e. The molecule has 0 bridgehead atoms. The second kappa shape index (κ2) is 4.89. The topological polar surface area (TPSA) is 75.7 Å². The summed E-state index contributed by atoms with van der Waals surface area (Å²) in [6, 6.07) is 4.86. The maximum Gasteiger partial charge on any atom is 0.419 e. The van der Waals surface area contributed by atoms with Gasteiger partial charge in [0.2, 0.25) is 0 Å². The summed E-state index contributed by atoms with van der Waals surface area (Å²) in [4.78, 5) is 24.0. The second-order valence-electron chi connectivity index (χ2n) is 4.66. The summed E-state index contributed by atoms with van der Waals surface area (Å²) in [6.07, 6.45) is 0. The van der Waals surface area contributed by atoms with Gasteiger partial charge in [-0.05, 0) is 31.7 Å². The molecular formula is C13H16N2O4. The van der Waals surface area contributed by atoms with E-state index in [4.69, 9.17) is 9.52 Å². The van der Waals surface area contributed by atoms with Crippen molar-refractivity contribution in [2.75, 3.05) is 7.05 Å². The fourth-order valence-electron chi connectivity index (χ4n) is 1.89. The molecule has 0 aliphatic rings. The van der Waals surface area contributed by atoms with Crippen LogP contribution in [-0.2, 0) is 18.4 Å². The number of aromatic nitrogens is 1. The van der Waals surface area contributed by atoms with E-state index in [2.05, 4.69) is 0 Å². The number of hydrogen-bond acceptors (Lipinski definition) is 4. The van der Waals surface area contributed by atoms with E-state index in [-0.39, 0.29) is 0 Å². The van der Waals surface area contributed by atoms with Crippen LogP contribution < -0.4 is 5.76 Å². The Balaban J connectivity index is 2.27. The first-order valence-corrected chi connectivity index (χ1v) is 5.91. The first-order chi connectivity index (χ1) is 8.90. The summed E-state index contributed by atoms with van der Waals surface area (Å²) in [5.41, 5.74) is 2.14. The van der Waals surface area contributed by atoms with Crippen molar-refractivity contribution in [1.82, 2.24) is 9.47 Å². The van der Waals surface area contributed by atoms with Crippen LogP contribution in [0.2, 0.25) is 0 Å². The molecule has 6 heteroatoms. The molecule has 19 heavy (non-hydrogen) atoms. The number of carboxylic acids is 1. The van der Waals surface area contributed by atoms with Gasteiger partial charge in [-0.15, -0.1) is 0 Å². The molecular weight excluding hydrogens is 248 g/mol. The van der Waals surface area contributed by atoms with Crippen molar-refractivity contribution >= 4 is 17.1 Å². The predicted molar refractivity (Wildman–Crippen MR) is 70.0 cm³/mol. The van der Waals surface area contributed by atoms with E-state index in [9.17, 15) is 9.59 Å². The third-order valence-electron chi connectivity index (χ3n) is 3.31. The maximum absolute atomic E-state index is 11.4. The molecule has 1 heterocycles. The smallest absolute Gasteiger partial charge is 0.419 e. The van der Waals surface area contributed by atoms with E-state index in [0.717, 1.165) is 11.1 Å². The van der Waals surface area contributed by atoms with Crippen LogP contribution in [0.25, 0.3) is 11.1 Å². The Kier molecular flexibility index (Phi) is 3.44. The minimum Gasteiger partial charge on any atom is -0.480 e. The van der Waals surface area contributed by atoms with E-state index < -0.39 is 17.8 Å². The SMILES string of the molecule is CC(C(=O)O)N(C)Cc1ccc2c(c1)oc(=O)n2C. The molecule has 1 unspecified atom stereocenters. The number of hydrogen-bond donors (Lipinski definition) is 1. The molecule has 6 nitrogen and oxygen atoms in total. The van der Waals surface area contributed by atoms with E-state index in [0.29, 0.717) is 12.1 Å². The fraction of sp³-hybridized carbons (Fsp3) is 0.385. The minimum atomic E-state index is -0.866. The van der Waals surface area contributed by atoms with Crippen LogP contribution in [0.15, 0.2) is 27.4 Å². The van der Waals surface area contributed by atoms with Gasteiger partial charge in [-0.25, -0.2) is 4.79 Å². The summed E-state index contributed by atoms with van der Waals surface area (Å²) in [6.45, 7) is 2.10. The molecule has 0 spiro atoms. The van der Waals surface area contributed by atoms with Crippen LogP contribution in [0.3, 0.4) is 0 Å². The zero-order chi connectivity index (χ0) is 14.2. The van der Waals surface area contributed by atoms with Crippen molar-refractivity contribution in [3.8, 4) is 0 Å². The number of aryl methyl sites for hydroxylation is 1. The molecule has 1 aromatic heterocycles. The Morgan fingerprint density at radius 1 is 1.53 bits per heavy atom. The lowest BCUT2D eigenvalue weighted by molar-refractivity contribution is -0.142. The number of likely N-dealkylation sites (N-methyl/N-ethyl adjacent to an activating group) is 1. The van der Waals surface area contributed by atoms with Gasteiger partial charge in [0, 0.05) is 13.6 Å². The zero-order valence-corrected chi connectivity index (χ0v) is 11.1. The van der Waals surface area contributed by atoms with E-state index in [1.165, 1.54) is 4.57 Å². The molecule has 1 atom stereocenters. The summed E-state index contributed by atoms with van der Waals surface area (Å²) >= 11 is 0. The van der Waals surface area contributed by atoms with E-state index in [1.54, 1.807) is 38.1 Å². The van der Waals surface area contributed by atoms with Gasteiger partial charge in [-0.3, -0.25) is 14.3 Å². The molecule has 2 aromatic rings. The molecule has 0 fully saturated rings. The fourth-order valence-corrected chi connectivity index (χ4v) is 1.89. The second-order valence-corrected chi connectivity index (χ2v) is 4.66. The lowest BCUT2D eigenvalue weighted by atomic mass is 10.1. The summed E-state index contributed by atoms with van der Waals surface area (Å²) in [7, 11) is 3.39. The average molecular weight is 264 g/mol. The van der Waals surface area contributed by atoms with Gasteiger partial charge in [0.1, 0.15) is 6.04 Å². The van der Waals surface area contributed by atoms with Crippen LogP contribution in [0, 0.1) is 0 Å². The Bertz CT molecular complexity index is 671. The maximum atomic E-state index is 11.4. The molecule has 0 saturated heterocycles. The highest BCUT2D eigenvalue weighted by atomic mass is 16.4. The lowest BCUT2D eigenvalue weighted by Gasteiger charge is -2.20.